The fourth-order valence-corrected chi connectivity index (χ4v) is 2.89. The van der Waals surface area contributed by atoms with E-state index in [-0.39, 0.29) is 18.4 Å². The number of nitrogens with zero attached hydrogens (tertiary/aromatic N) is 1. The van der Waals surface area contributed by atoms with E-state index in [0.717, 1.165) is 38.0 Å². The van der Waals surface area contributed by atoms with E-state index in [0.29, 0.717) is 5.92 Å². The number of hydrazine groups is 1. The van der Waals surface area contributed by atoms with E-state index < -0.39 is 0 Å². The first-order valence-corrected chi connectivity index (χ1v) is 7.56. The minimum Gasteiger partial charge on any atom is -0.396 e. The van der Waals surface area contributed by atoms with Crippen molar-refractivity contribution in [3.05, 3.63) is 35.4 Å². The average molecular weight is 291 g/mol. The second-order valence-corrected chi connectivity index (χ2v) is 5.90. The SMILES string of the molecule is CC(C(=O)NN)c1ccc(CN2CCCC(CO)C2)cc1. The predicted molar refractivity (Wildman–Crippen MR) is 82.3 cm³/mol. The maximum absolute atomic E-state index is 11.5. The number of hydrogen-bond acceptors (Lipinski definition) is 4. The van der Waals surface area contributed by atoms with Gasteiger partial charge in [0.25, 0.3) is 0 Å². The average Bonchev–Trinajstić information content (AvgIpc) is 2.54. The molecule has 2 unspecified atom stereocenters. The minimum absolute atomic E-state index is 0.176. The van der Waals surface area contributed by atoms with E-state index >= 15 is 0 Å². The summed E-state index contributed by atoms with van der Waals surface area (Å²) >= 11 is 0. The third-order valence-corrected chi connectivity index (χ3v) is 4.28. The Labute approximate surface area is 126 Å². The monoisotopic (exact) mass is 291 g/mol. The third-order valence-electron chi connectivity index (χ3n) is 4.28. The molecule has 21 heavy (non-hydrogen) atoms. The van der Waals surface area contributed by atoms with Gasteiger partial charge in [-0.25, -0.2) is 5.84 Å². The first-order chi connectivity index (χ1) is 10.1. The predicted octanol–water partition coefficient (Wildman–Crippen LogP) is 0.984. The Bertz CT molecular complexity index is 461. The number of carbonyl (C=O) groups excluding carboxylic acids is 1. The molecule has 0 saturated carbocycles. The summed E-state index contributed by atoms with van der Waals surface area (Å²) in [7, 11) is 0. The summed E-state index contributed by atoms with van der Waals surface area (Å²) in [5.74, 6) is 5.16. The Kier molecular flexibility index (Phi) is 5.73. The molecule has 0 aliphatic carbocycles. The maximum atomic E-state index is 11.5. The number of benzene rings is 1. The van der Waals surface area contributed by atoms with Crippen molar-refractivity contribution in [1.29, 1.82) is 0 Å². The van der Waals surface area contributed by atoms with Gasteiger partial charge in [0, 0.05) is 19.7 Å². The highest BCUT2D eigenvalue weighted by molar-refractivity contribution is 5.82. The van der Waals surface area contributed by atoms with Crippen molar-refractivity contribution >= 4 is 5.91 Å². The number of likely N-dealkylation sites (tertiary alicyclic amines) is 1. The molecular weight excluding hydrogens is 266 g/mol. The summed E-state index contributed by atoms with van der Waals surface area (Å²) in [5, 5.41) is 9.27. The molecule has 0 radical (unpaired) electrons. The molecule has 0 spiro atoms. The second kappa shape index (κ2) is 7.54. The van der Waals surface area contributed by atoms with E-state index in [4.69, 9.17) is 5.84 Å². The molecular formula is C16H25N3O2. The molecule has 116 valence electrons. The highest BCUT2D eigenvalue weighted by atomic mass is 16.3. The summed E-state index contributed by atoms with van der Waals surface area (Å²) in [6.07, 6.45) is 2.27. The standard InChI is InChI=1S/C16H25N3O2/c1-12(16(21)18-17)15-6-4-13(5-7-15)9-19-8-2-3-14(10-19)11-20/h4-7,12,14,20H,2-3,8-11,17H2,1H3,(H,18,21). The van der Waals surface area contributed by atoms with Crippen LogP contribution in [0.5, 0.6) is 0 Å². The van der Waals surface area contributed by atoms with E-state index in [1.165, 1.54) is 5.56 Å². The zero-order valence-electron chi connectivity index (χ0n) is 12.6. The van der Waals surface area contributed by atoms with Gasteiger partial charge < -0.3 is 5.11 Å². The van der Waals surface area contributed by atoms with Crippen LogP contribution in [-0.4, -0.2) is 35.6 Å². The van der Waals surface area contributed by atoms with Gasteiger partial charge in [0.1, 0.15) is 0 Å². The Morgan fingerprint density at radius 2 is 2.19 bits per heavy atom. The Hall–Kier alpha value is -1.43. The van der Waals surface area contributed by atoms with Gasteiger partial charge in [-0.1, -0.05) is 24.3 Å². The molecule has 5 nitrogen and oxygen atoms in total. The Balaban J connectivity index is 1.94. The van der Waals surface area contributed by atoms with Gasteiger partial charge in [-0.05, 0) is 43.4 Å². The highest BCUT2D eigenvalue weighted by Gasteiger charge is 2.19. The van der Waals surface area contributed by atoms with Crippen LogP contribution in [0, 0.1) is 5.92 Å². The summed E-state index contributed by atoms with van der Waals surface area (Å²) < 4.78 is 0. The number of aliphatic hydroxyl groups excluding tert-OH is 1. The number of hydrogen-bond donors (Lipinski definition) is 3. The van der Waals surface area contributed by atoms with Crippen molar-refractivity contribution in [3.63, 3.8) is 0 Å². The fraction of sp³-hybridized carbons (Fsp3) is 0.562. The topological polar surface area (TPSA) is 78.6 Å². The van der Waals surface area contributed by atoms with Crippen LogP contribution in [0.3, 0.4) is 0 Å². The van der Waals surface area contributed by atoms with Crippen molar-refractivity contribution in [1.82, 2.24) is 10.3 Å². The lowest BCUT2D eigenvalue weighted by Crippen LogP contribution is -2.36. The van der Waals surface area contributed by atoms with Crippen LogP contribution < -0.4 is 11.3 Å². The lowest BCUT2D eigenvalue weighted by Gasteiger charge is -2.31. The Morgan fingerprint density at radius 1 is 1.48 bits per heavy atom. The summed E-state index contributed by atoms with van der Waals surface area (Å²) in [6, 6.07) is 8.11. The van der Waals surface area contributed by atoms with Gasteiger partial charge in [0.05, 0.1) is 5.92 Å². The molecule has 0 aromatic heterocycles. The van der Waals surface area contributed by atoms with Gasteiger partial charge in [0.15, 0.2) is 0 Å². The lowest BCUT2D eigenvalue weighted by atomic mass is 9.97. The van der Waals surface area contributed by atoms with Crippen LogP contribution in [0.1, 0.15) is 36.8 Å². The van der Waals surface area contributed by atoms with Crippen molar-refractivity contribution in [2.45, 2.75) is 32.2 Å². The summed E-state index contributed by atoms with van der Waals surface area (Å²) in [4.78, 5) is 13.9. The number of carbonyl (C=O) groups is 1. The normalized spacial score (nSPS) is 21.0. The second-order valence-electron chi connectivity index (χ2n) is 5.90. The summed E-state index contributed by atoms with van der Waals surface area (Å²) in [6.45, 7) is 5.07. The van der Waals surface area contributed by atoms with Crippen LogP contribution in [0.2, 0.25) is 0 Å². The molecule has 4 N–H and O–H groups in total. The molecule has 1 fully saturated rings. The van der Waals surface area contributed by atoms with Crippen LogP contribution in [0.4, 0.5) is 0 Å². The van der Waals surface area contributed by atoms with Gasteiger partial charge in [-0.15, -0.1) is 0 Å². The smallest absolute Gasteiger partial charge is 0.241 e. The van der Waals surface area contributed by atoms with Gasteiger partial charge in [0.2, 0.25) is 5.91 Å². The zero-order valence-corrected chi connectivity index (χ0v) is 12.6. The highest BCUT2D eigenvalue weighted by Crippen LogP contribution is 2.20. The molecule has 1 aromatic carbocycles. The summed E-state index contributed by atoms with van der Waals surface area (Å²) in [5.41, 5.74) is 4.38. The zero-order chi connectivity index (χ0) is 15.2. The molecule has 2 atom stereocenters. The van der Waals surface area contributed by atoms with Gasteiger partial charge >= 0.3 is 0 Å². The minimum atomic E-state index is -0.238. The number of aliphatic hydroxyl groups is 1. The molecule has 1 aliphatic rings. The first-order valence-electron chi connectivity index (χ1n) is 7.56. The van der Waals surface area contributed by atoms with Gasteiger partial charge in [-0.3, -0.25) is 15.1 Å². The molecule has 1 aliphatic heterocycles. The number of piperidine rings is 1. The fourth-order valence-electron chi connectivity index (χ4n) is 2.89. The largest absolute Gasteiger partial charge is 0.396 e. The van der Waals surface area contributed by atoms with Crippen molar-refractivity contribution in [3.8, 4) is 0 Å². The molecule has 0 bridgehead atoms. The number of amides is 1. The van der Waals surface area contributed by atoms with Crippen molar-refractivity contribution in [2.24, 2.45) is 11.8 Å². The molecule has 1 heterocycles. The maximum Gasteiger partial charge on any atom is 0.241 e. The molecule has 2 rings (SSSR count). The number of nitrogens with two attached hydrogens (primary N) is 1. The molecule has 1 aromatic rings. The van der Waals surface area contributed by atoms with Crippen molar-refractivity contribution in [2.75, 3.05) is 19.7 Å². The van der Waals surface area contributed by atoms with Crippen LogP contribution >= 0.6 is 0 Å². The first kappa shape index (κ1) is 15.9. The van der Waals surface area contributed by atoms with E-state index in [1.807, 2.05) is 19.1 Å². The third kappa shape index (κ3) is 4.27. The van der Waals surface area contributed by atoms with E-state index in [2.05, 4.69) is 22.5 Å². The molecule has 5 heteroatoms. The number of rotatable bonds is 5. The van der Waals surface area contributed by atoms with E-state index in [9.17, 15) is 9.90 Å². The number of nitrogens with one attached hydrogen (secondary N) is 1. The molecule has 1 amide bonds. The van der Waals surface area contributed by atoms with Gasteiger partial charge in [-0.2, -0.15) is 0 Å². The lowest BCUT2D eigenvalue weighted by molar-refractivity contribution is -0.122. The molecule has 1 saturated heterocycles. The van der Waals surface area contributed by atoms with Crippen LogP contribution in [0.15, 0.2) is 24.3 Å². The van der Waals surface area contributed by atoms with Crippen LogP contribution in [0.25, 0.3) is 0 Å². The Morgan fingerprint density at radius 3 is 2.81 bits per heavy atom. The van der Waals surface area contributed by atoms with Crippen molar-refractivity contribution < 1.29 is 9.90 Å². The quantitative estimate of drug-likeness (QED) is 0.429. The van der Waals surface area contributed by atoms with Crippen LogP contribution in [-0.2, 0) is 11.3 Å². The van der Waals surface area contributed by atoms with E-state index in [1.54, 1.807) is 0 Å².